The number of rotatable bonds is 17. The second-order valence-corrected chi connectivity index (χ2v) is 17.0. The van der Waals surface area contributed by atoms with E-state index in [1.807, 2.05) is 77.3 Å². The number of hydrogen-bond donors (Lipinski definition) is 2. The molecule has 8 nitrogen and oxygen atoms in total. The molecule has 286 valence electrons. The number of carbonyl (C=O) groups is 2. The minimum Gasteiger partial charge on any atom is -0.444 e. The van der Waals surface area contributed by atoms with Gasteiger partial charge in [-0.2, -0.15) is 0 Å². The summed E-state index contributed by atoms with van der Waals surface area (Å²) in [5.74, 6) is -0.0912. The fourth-order valence-electron chi connectivity index (χ4n) is 8.14. The van der Waals surface area contributed by atoms with E-state index < -0.39 is 23.4 Å². The molecule has 2 heterocycles. The molecule has 2 fully saturated rings. The first kappa shape index (κ1) is 43.6. The largest absolute Gasteiger partial charge is 0.444 e. The van der Waals surface area contributed by atoms with Gasteiger partial charge in [-0.25, -0.2) is 9.59 Å². The van der Waals surface area contributed by atoms with Crippen LogP contribution in [-0.4, -0.2) is 80.8 Å². The van der Waals surface area contributed by atoms with Crippen LogP contribution in [0.4, 0.5) is 9.59 Å². The van der Waals surface area contributed by atoms with Crippen molar-refractivity contribution in [3.05, 3.63) is 49.6 Å². The van der Waals surface area contributed by atoms with E-state index in [-0.39, 0.29) is 47.9 Å². The zero-order valence-electron chi connectivity index (χ0n) is 32.9. The third kappa shape index (κ3) is 13.2. The molecule has 0 aromatic heterocycles. The van der Waals surface area contributed by atoms with Crippen LogP contribution in [0.5, 0.6) is 0 Å². The van der Waals surface area contributed by atoms with Crippen molar-refractivity contribution >= 4 is 12.2 Å². The lowest BCUT2D eigenvalue weighted by atomic mass is 9.73. The molecule has 2 aliphatic rings. The summed E-state index contributed by atoms with van der Waals surface area (Å²) in [6, 6.07) is -0.390. The predicted octanol–water partition coefficient (Wildman–Crippen LogP) is 9.62. The van der Waals surface area contributed by atoms with Crippen molar-refractivity contribution < 1.29 is 29.3 Å². The summed E-state index contributed by atoms with van der Waals surface area (Å²) in [5.41, 5.74) is 0.169. The molecular formula is C42H72N2O6. The van der Waals surface area contributed by atoms with Gasteiger partial charge in [-0.05, 0) is 125 Å². The summed E-state index contributed by atoms with van der Waals surface area (Å²) in [4.78, 5) is 30.8. The number of nitrogens with zero attached hydrogens (tertiary/aromatic N) is 2. The summed E-state index contributed by atoms with van der Waals surface area (Å²) in [6.45, 7) is 32.4. The van der Waals surface area contributed by atoms with Crippen LogP contribution < -0.4 is 0 Å². The standard InChI is InChI=1S/C42H72N2O6/c1-13-15-17-25-34(38(46)30(5)6)36-32(24-21-28-44(36)40(48)50-42(10,11)12)22-18-16-19-26-33(37(45)29(3)4)35-31(14-2)23-20-27-43(35)39(47)49-41(7,8)9/h13-14,31-38,45-46H,1-3,5,15-28H2,4,6-12H3/t31-,32-,33+,34+,35-,36-,37?,38?/m0/s1. The quantitative estimate of drug-likeness (QED) is 0.116. The Morgan fingerprint density at radius 3 is 1.72 bits per heavy atom. The Bertz CT molecular complexity index is 1140. The summed E-state index contributed by atoms with van der Waals surface area (Å²) >= 11 is 0. The van der Waals surface area contributed by atoms with E-state index in [1.54, 1.807) is 0 Å². The number of hydrogen-bond acceptors (Lipinski definition) is 6. The van der Waals surface area contributed by atoms with Gasteiger partial charge in [0.2, 0.25) is 0 Å². The highest BCUT2D eigenvalue weighted by atomic mass is 16.6. The molecule has 0 bridgehead atoms. The Balaban J connectivity index is 2.28. The van der Waals surface area contributed by atoms with Gasteiger partial charge in [0.25, 0.3) is 0 Å². The molecule has 2 unspecified atom stereocenters. The SMILES string of the molecule is C=CCCC[C@@H](C(O)C(=C)C)[C@@H]1[C@@H](CCCCC[C@@H](C(O)C(=C)C)[C@@H]2[C@@H](C=C)CCCN2C(=O)OC(C)(C)C)CCCN1C(=O)OC(C)(C)C. The molecule has 0 spiro atoms. The Hall–Kier alpha value is -2.58. The number of likely N-dealkylation sites (tertiary alicyclic amines) is 2. The number of allylic oxidation sites excluding steroid dienone is 1. The van der Waals surface area contributed by atoms with E-state index in [0.29, 0.717) is 24.2 Å². The van der Waals surface area contributed by atoms with Gasteiger partial charge in [-0.1, -0.05) is 55.7 Å². The van der Waals surface area contributed by atoms with E-state index in [0.717, 1.165) is 77.0 Å². The molecule has 8 atom stereocenters. The van der Waals surface area contributed by atoms with Crippen molar-refractivity contribution in [3.63, 3.8) is 0 Å². The molecular weight excluding hydrogens is 628 g/mol. The van der Waals surface area contributed by atoms with Gasteiger partial charge in [0.15, 0.2) is 0 Å². The molecule has 0 aliphatic carbocycles. The summed E-state index contributed by atoms with van der Waals surface area (Å²) in [6.07, 6.45) is 12.3. The van der Waals surface area contributed by atoms with Crippen molar-refractivity contribution in [2.75, 3.05) is 13.1 Å². The molecule has 2 amide bonds. The lowest BCUT2D eigenvalue weighted by Gasteiger charge is -2.47. The van der Waals surface area contributed by atoms with Gasteiger partial charge in [0, 0.05) is 37.0 Å². The first-order valence-corrected chi connectivity index (χ1v) is 19.2. The van der Waals surface area contributed by atoms with Crippen molar-refractivity contribution in [3.8, 4) is 0 Å². The molecule has 2 N–H and O–H groups in total. The second kappa shape index (κ2) is 19.9. The van der Waals surface area contributed by atoms with Crippen LogP contribution in [0.3, 0.4) is 0 Å². The van der Waals surface area contributed by atoms with Gasteiger partial charge in [0.1, 0.15) is 11.2 Å². The Morgan fingerprint density at radius 1 is 0.760 bits per heavy atom. The number of aliphatic hydroxyl groups excluding tert-OH is 2. The zero-order valence-corrected chi connectivity index (χ0v) is 32.9. The average Bonchev–Trinajstić information content (AvgIpc) is 3.02. The molecule has 8 heteroatoms. The maximum atomic E-state index is 13.6. The van der Waals surface area contributed by atoms with Crippen molar-refractivity contribution in [1.82, 2.24) is 9.80 Å². The number of ether oxygens (including phenoxy) is 2. The molecule has 2 rings (SSSR count). The van der Waals surface area contributed by atoms with Gasteiger partial charge in [-0.15, -0.1) is 13.2 Å². The highest BCUT2D eigenvalue weighted by molar-refractivity contribution is 5.69. The van der Waals surface area contributed by atoms with Gasteiger partial charge < -0.3 is 29.5 Å². The van der Waals surface area contributed by atoms with Gasteiger partial charge in [-0.3, -0.25) is 0 Å². The topological polar surface area (TPSA) is 99.5 Å². The molecule has 0 aromatic rings. The van der Waals surface area contributed by atoms with Crippen LogP contribution in [0.1, 0.15) is 132 Å². The predicted molar refractivity (Wildman–Crippen MR) is 205 cm³/mol. The second-order valence-electron chi connectivity index (χ2n) is 17.0. The van der Waals surface area contributed by atoms with E-state index >= 15 is 0 Å². The van der Waals surface area contributed by atoms with E-state index in [2.05, 4.69) is 26.3 Å². The smallest absolute Gasteiger partial charge is 0.410 e. The Labute approximate surface area is 305 Å². The average molecular weight is 701 g/mol. The van der Waals surface area contributed by atoms with Crippen LogP contribution in [0.2, 0.25) is 0 Å². The molecule has 0 aromatic carbocycles. The van der Waals surface area contributed by atoms with Crippen LogP contribution >= 0.6 is 0 Å². The summed E-state index contributed by atoms with van der Waals surface area (Å²) in [5, 5.41) is 23.0. The molecule has 0 saturated carbocycles. The van der Waals surface area contributed by atoms with Crippen LogP contribution in [0, 0.1) is 23.7 Å². The van der Waals surface area contributed by atoms with Crippen molar-refractivity contribution in [2.24, 2.45) is 23.7 Å². The first-order chi connectivity index (χ1) is 23.3. The monoisotopic (exact) mass is 701 g/mol. The Kier molecular flexibility index (Phi) is 17.3. The third-order valence-electron chi connectivity index (χ3n) is 10.4. The minimum atomic E-state index is -0.754. The highest BCUT2D eigenvalue weighted by Crippen LogP contribution is 2.40. The zero-order chi connectivity index (χ0) is 37.8. The lowest BCUT2D eigenvalue weighted by Crippen LogP contribution is -2.55. The molecule has 50 heavy (non-hydrogen) atoms. The fourth-order valence-corrected chi connectivity index (χ4v) is 8.14. The summed E-state index contributed by atoms with van der Waals surface area (Å²) in [7, 11) is 0. The number of amides is 2. The first-order valence-electron chi connectivity index (χ1n) is 19.2. The van der Waals surface area contributed by atoms with Crippen LogP contribution in [0.15, 0.2) is 49.6 Å². The normalized spacial score (nSPS) is 24.0. The maximum absolute atomic E-state index is 13.6. The van der Waals surface area contributed by atoms with Crippen molar-refractivity contribution in [2.45, 2.75) is 168 Å². The molecule has 2 saturated heterocycles. The van der Waals surface area contributed by atoms with Gasteiger partial charge >= 0.3 is 12.2 Å². The van der Waals surface area contributed by atoms with E-state index in [1.165, 1.54) is 0 Å². The number of unbranched alkanes of at least 4 members (excludes halogenated alkanes) is 3. The number of aliphatic hydroxyl groups is 2. The van der Waals surface area contributed by atoms with Crippen LogP contribution in [-0.2, 0) is 9.47 Å². The molecule has 0 radical (unpaired) electrons. The Morgan fingerprint density at radius 2 is 1.24 bits per heavy atom. The van der Waals surface area contributed by atoms with Crippen molar-refractivity contribution in [1.29, 1.82) is 0 Å². The van der Waals surface area contributed by atoms with Gasteiger partial charge in [0.05, 0.1) is 12.2 Å². The minimum absolute atomic E-state index is 0.0508. The van der Waals surface area contributed by atoms with E-state index in [4.69, 9.17) is 9.47 Å². The fraction of sp³-hybridized carbons (Fsp3) is 0.762. The summed E-state index contributed by atoms with van der Waals surface area (Å²) < 4.78 is 11.7. The highest BCUT2D eigenvalue weighted by Gasteiger charge is 2.44. The number of piperidine rings is 2. The van der Waals surface area contributed by atoms with Crippen LogP contribution in [0.25, 0.3) is 0 Å². The third-order valence-corrected chi connectivity index (χ3v) is 10.4. The lowest BCUT2D eigenvalue weighted by molar-refractivity contribution is -0.0318. The van der Waals surface area contributed by atoms with E-state index in [9.17, 15) is 19.8 Å². The maximum Gasteiger partial charge on any atom is 0.410 e. The number of carbonyl (C=O) groups excluding carboxylic acids is 2. The molecule has 2 aliphatic heterocycles.